The number of amides is 5. The standard InChI is InChI=1S/C58H72N10O10.ClH/c1-67-27-23-58(24-28-67,57-63-53(65-66-57)40-20-25-59-26-21-40)64-42-12-9-11-41(37-42)54(71)61-48-22-32-78-50-18-16-43(38-45(48)50)77-31-8-3-2-6-29-74-33-35-76-36-34-75-30-7-4-5-15-51(69)60-47-14-10-13-44-46(47)39-68(56(44)73)49-17-19-52(70)62-55(49)72;/h9-14,16,18,20-21,25-26,37-38,48-49,64H,2-8,15,17,19,22-24,27-36,39H2,1H3,(H,60,69)(H,61,71)(H,62,70,72)(H,63,65,66);1H/t48-,49?;/m0./s1. The molecule has 2 saturated heterocycles. The van der Waals surface area contributed by atoms with Crippen LogP contribution in [0.25, 0.3) is 11.4 Å². The number of aromatic amines is 1. The Morgan fingerprint density at radius 1 is 0.810 bits per heavy atom. The molecule has 2 aromatic heterocycles. The fourth-order valence-corrected chi connectivity index (χ4v) is 10.4. The van der Waals surface area contributed by atoms with Crippen LogP contribution in [0.3, 0.4) is 0 Å². The van der Waals surface area contributed by atoms with Gasteiger partial charge in [-0.25, -0.2) is 4.98 Å². The zero-order valence-corrected chi connectivity index (χ0v) is 45.8. The Morgan fingerprint density at radius 2 is 1.53 bits per heavy atom. The van der Waals surface area contributed by atoms with E-state index in [2.05, 4.69) is 48.4 Å². The lowest BCUT2D eigenvalue weighted by atomic mass is 9.86. The fraction of sp³-hybridized carbons (Fsp3) is 0.483. The number of ether oxygens (including phenoxy) is 5. The van der Waals surface area contributed by atoms with Gasteiger partial charge in [0.05, 0.1) is 51.2 Å². The zero-order valence-electron chi connectivity index (χ0n) is 44.9. The van der Waals surface area contributed by atoms with E-state index in [-0.39, 0.29) is 61.5 Å². The van der Waals surface area contributed by atoms with E-state index in [1.807, 2.05) is 54.6 Å². The van der Waals surface area contributed by atoms with Gasteiger partial charge in [-0.2, -0.15) is 5.10 Å². The molecule has 79 heavy (non-hydrogen) atoms. The summed E-state index contributed by atoms with van der Waals surface area (Å²) in [6, 6.07) is 21.5. The van der Waals surface area contributed by atoms with E-state index < -0.39 is 17.5 Å². The van der Waals surface area contributed by atoms with Crippen LogP contribution in [-0.2, 0) is 40.7 Å². The first-order valence-electron chi connectivity index (χ1n) is 27.5. The monoisotopic (exact) mass is 1100 g/mol. The van der Waals surface area contributed by atoms with Crippen molar-refractivity contribution in [2.24, 2.45) is 0 Å². The molecular formula is C58H73ClN10O10. The molecule has 5 amide bonds. The predicted octanol–water partition coefficient (Wildman–Crippen LogP) is 7.52. The van der Waals surface area contributed by atoms with Crippen LogP contribution in [0, 0.1) is 0 Å². The number of likely N-dealkylation sites (tertiary alicyclic amines) is 1. The van der Waals surface area contributed by atoms with Crippen molar-refractivity contribution < 1.29 is 47.7 Å². The minimum absolute atomic E-state index is 0. The number of anilines is 2. The molecule has 1 unspecified atom stereocenters. The number of halogens is 1. The summed E-state index contributed by atoms with van der Waals surface area (Å²) in [6.45, 7) is 6.30. The SMILES string of the molecule is CN1CCC(Nc2cccc(C(=O)N[C@H]3CCOc4ccc(OCCCCCCOCCOCCOCCCCCC(=O)Nc5cccc6c5CN(C5CCC(=O)NC5=O)C6=O)cc43)c2)(c2nc(-c3ccncc3)n[nH]2)CC1.Cl. The molecule has 5 N–H and O–H groups in total. The molecule has 0 bridgehead atoms. The highest BCUT2D eigenvalue weighted by molar-refractivity contribution is 6.07. The second-order valence-corrected chi connectivity index (χ2v) is 20.4. The summed E-state index contributed by atoms with van der Waals surface area (Å²) in [7, 11) is 2.12. The normalized spacial score (nSPS) is 17.7. The molecule has 0 radical (unpaired) electrons. The van der Waals surface area contributed by atoms with Crippen molar-refractivity contribution in [2.45, 2.75) is 108 Å². The van der Waals surface area contributed by atoms with Crippen LogP contribution < -0.4 is 30.7 Å². The van der Waals surface area contributed by atoms with Gasteiger partial charge < -0.3 is 49.4 Å². The van der Waals surface area contributed by atoms with Gasteiger partial charge in [0.2, 0.25) is 17.7 Å². The van der Waals surface area contributed by atoms with Gasteiger partial charge >= 0.3 is 0 Å². The minimum atomic E-state index is -0.708. The van der Waals surface area contributed by atoms with Gasteiger partial charge in [-0.1, -0.05) is 25.0 Å². The third kappa shape index (κ3) is 15.7. The molecule has 4 aliphatic rings. The van der Waals surface area contributed by atoms with Gasteiger partial charge in [0, 0.05) is 104 Å². The highest BCUT2D eigenvalue weighted by Crippen LogP contribution is 2.38. The number of nitrogens with zero attached hydrogens (tertiary/aromatic N) is 5. The molecule has 4 aliphatic heterocycles. The zero-order chi connectivity index (χ0) is 54.1. The number of unbranched alkanes of at least 4 members (excludes halogenated alkanes) is 5. The molecule has 3 aromatic carbocycles. The summed E-state index contributed by atoms with van der Waals surface area (Å²) >= 11 is 0. The lowest BCUT2D eigenvalue weighted by Gasteiger charge is -2.40. The van der Waals surface area contributed by atoms with Crippen LogP contribution in [-0.4, -0.2) is 139 Å². The van der Waals surface area contributed by atoms with Crippen LogP contribution in [0.5, 0.6) is 11.5 Å². The number of imide groups is 1. The summed E-state index contributed by atoms with van der Waals surface area (Å²) < 4.78 is 29.3. The van der Waals surface area contributed by atoms with Crippen molar-refractivity contribution in [3.05, 3.63) is 113 Å². The number of hydrogen-bond donors (Lipinski definition) is 5. The fourth-order valence-electron chi connectivity index (χ4n) is 10.4. The second-order valence-electron chi connectivity index (χ2n) is 20.4. The number of rotatable bonds is 28. The summed E-state index contributed by atoms with van der Waals surface area (Å²) in [5.74, 6) is 1.51. The number of fused-ring (bicyclic) bond motifs is 2. The molecule has 20 nitrogen and oxygen atoms in total. The topological polar surface area (TPSA) is 241 Å². The number of hydrogen-bond acceptors (Lipinski definition) is 15. The summed E-state index contributed by atoms with van der Waals surface area (Å²) in [6.07, 6.45) is 12.8. The Kier molecular flexibility index (Phi) is 21.2. The number of carbonyl (C=O) groups excluding carboxylic acids is 5. The van der Waals surface area contributed by atoms with Crippen LogP contribution >= 0.6 is 12.4 Å². The first-order chi connectivity index (χ1) is 38.1. The number of pyridine rings is 1. The van der Waals surface area contributed by atoms with Crippen molar-refractivity contribution in [1.29, 1.82) is 0 Å². The maximum Gasteiger partial charge on any atom is 0.255 e. The van der Waals surface area contributed by atoms with Gasteiger partial charge in [-0.15, -0.1) is 12.4 Å². The molecule has 5 aromatic rings. The average Bonchev–Trinajstić information content (AvgIpc) is 4.20. The predicted molar refractivity (Wildman–Crippen MR) is 298 cm³/mol. The van der Waals surface area contributed by atoms with Gasteiger partial charge in [0.1, 0.15) is 17.5 Å². The largest absolute Gasteiger partial charge is 0.494 e. The molecule has 0 spiro atoms. The maximum atomic E-state index is 13.9. The number of nitrogens with one attached hydrogen (secondary N) is 5. The molecule has 2 fully saturated rings. The highest BCUT2D eigenvalue weighted by atomic mass is 35.5. The Balaban J connectivity index is 0.00000822. The Morgan fingerprint density at radius 3 is 2.29 bits per heavy atom. The van der Waals surface area contributed by atoms with Crippen molar-refractivity contribution in [2.75, 3.05) is 83.6 Å². The Hall–Kier alpha value is -6.97. The van der Waals surface area contributed by atoms with Crippen LogP contribution in [0.15, 0.2) is 85.2 Å². The van der Waals surface area contributed by atoms with Crippen molar-refractivity contribution in [3.63, 3.8) is 0 Å². The Labute approximate surface area is 467 Å². The quantitative estimate of drug-likeness (QED) is 0.0240. The maximum absolute atomic E-state index is 13.9. The molecule has 0 aliphatic carbocycles. The van der Waals surface area contributed by atoms with Crippen molar-refractivity contribution >= 4 is 53.3 Å². The molecule has 6 heterocycles. The van der Waals surface area contributed by atoms with E-state index in [0.717, 1.165) is 98.6 Å². The molecule has 0 saturated carbocycles. The number of benzene rings is 3. The third-order valence-corrected chi connectivity index (χ3v) is 14.8. The Bertz CT molecular complexity index is 2850. The molecule has 9 rings (SSSR count). The van der Waals surface area contributed by atoms with Gasteiger partial charge in [-0.3, -0.25) is 39.4 Å². The lowest BCUT2D eigenvalue weighted by molar-refractivity contribution is -0.137. The van der Waals surface area contributed by atoms with Crippen molar-refractivity contribution in [3.8, 4) is 22.9 Å². The number of carbonyl (C=O) groups is 5. The van der Waals surface area contributed by atoms with Crippen molar-refractivity contribution in [1.82, 2.24) is 40.6 Å². The number of piperidine rings is 2. The van der Waals surface area contributed by atoms with E-state index in [1.165, 1.54) is 4.90 Å². The molecule has 21 heteroatoms. The summed E-state index contributed by atoms with van der Waals surface area (Å²) in [5, 5.41) is 20.1. The number of aromatic nitrogens is 4. The van der Waals surface area contributed by atoms with Gasteiger partial charge in [0.15, 0.2) is 11.6 Å². The van der Waals surface area contributed by atoms with E-state index >= 15 is 0 Å². The van der Waals surface area contributed by atoms with Crippen LogP contribution in [0.1, 0.15) is 127 Å². The van der Waals surface area contributed by atoms with E-state index in [0.29, 0.717) is 100 Å². The summed E-state index contributed by atoms with van der Waals surface area (Å²) in [4.78, 5) is 76.6. The van der Waals surface area contributed by atoms with Gasteiger partial charge in [-0.05, 0) is 119 Å². The van der Waals surface area contributed by atoms with Crippen LogP contribution in [0.2, 0.25) is 0 Å². The average molecular weight is 1110 g/mol. The summed E-state index contributed by atoms with van der Waals surface area (Å²) in [5.41, 5.74) is 4.41. The second kappa shape index (κ2) is 28.8. The minimum Gasteiger partial charge on any atom is -0.494 e. The lowest BCUT2D eigenvalue weighted by Crippen LogP contribution is -2.52. The first kappa shape index (κ1) is 58.2. The van der Waals surface area contributed by atoms with E-state index in [1.54, 1.807) is 30.6 Å². The first-order valence-corrected chi connectivity index (χ1v) is 27.5. The highest BCUT2D eigenvalue weighted by Gasteiger charge is 2.41. The molecular weight excluding hydrogens is 1030 g/mol. The molecule has 422 valence electrons. The smallest absolute Gasteiger partial charge is 0.255 e. The molecule has 2 atom stereocenters. The number of H-pyrrole nitrogens is 1. The van der Waals surface area contributed by atoms with E-state index in [4.69, 9.17) is 28.7 Å². The van der Waals surface area contributed by atoms with Crippen LogP contribution in [0.4, 0.5) is 11.4 Å². The van der Waals surface area contributed by atoms with Gasteiger partial charge in [0.25, 0.3) is 11.8 Å². The third-order valence-electron chi connectivity index (χ3n) is 14.8. The van der Waals surface area contributed by atoms with E-state index in [9.17, 15) is 24.0 Å².